The van der Waals surface area contributed by atoms with E-state index in [1.807, 2.05) is 24.5 Å². The van der Waals surface area contributed by atoms with Crippen molar-refractivity contribution >= 4 is 32.8 Å². The summed E-state index contributed by atoms with van der Waals surface area (Å²) in [4.78, 5) is 9.80. The van der Waals surface area contributed by atoms with Crippen LogP contribution in [0.5, 0.6) is 11.5 Å². The monoisotopic (exact) mass is 1110 g/mol. The van der Waals surface area contributed by atoms with Gasteiger partial charge in [0.2, 0.25) is 6.33 Å². The van der Waals surface area contributed by atoms with E-state index in [2.05, 4.69) is 296 Å². The van der Waals surface area contributed by atoms with Gasteiger partial charge < -0.3 is 13.9 Å². The zero-order valence-electron chi connectivity index (χ0n) is 48.7. The highest BCUT2D eigenvalue weighted by Gasteiger charge is 2.21. The van der Waals surface area contributed by atoms with E-state index in [4.69, 9.17) is 14.7 Å². The second-order valence-electron chi connectivity index (χ2n) is 23.4. The standard InChI is InChI=1S/C80H65N5O/c1-80(2,3)66-41-43-82-79(52-66)85-74-36-19-18-33-72(74)73-40-39-67(53-77(73)85)86-68-42-44-81-78(54-68)84-55-83(75-37-20-21-38-76(75)84)45-22-8-17-32-71-69(64-48-60(56-24-9-4-10-25-56)46-61(49-64)57-26-11-5-12-27-57)34-23-35-70(71)65-50-62(58-28-13-6-14-29-58)47-63(51-65)59-30-15-7-16-31-59/h4-7,9-16,18-21,23-31,33-44,46-54H,8,17,22,32,45H2,1-3H3. The molecule has 0 aliphatic rings. The molecule has 86 heavy (non-hydrogen) atoms. The number of fused-ring (bicyclic) bond motifs is 4. The molecule has 0 spiro atoms. The highest BCUT2D eigenvalue weighted by atomic mass is 16.5. The van der Waals surface area contributed by atoms with Crippen LogP contribution in [0, 0.1) is 6.33 Å². The van der Waals surface area contributed by atoms with Gasteiger partial charge in [-0.1, -0.05) is 203 Å². The number of hydrogen-bond donors (Lipinski definition) is 0. The zero-order chi connectivity index (χ0) is 58.0. The van der Waals surface area contributed by atoms with Gasteiger partial charge in [0.05, 0.1) is 28.6 Å². The van der Waals surface area contributed by atoms with E-state index in [-0.39, 0.29) is 5.41 Å². The topological polar surface area (TPSA) is 48.8 Å². The lowest BCUT2D eigenvalue weighted by atomic mass is 9.85. The summed E-state index contributed by atoms with van der Waals surface area (Å²) >= 11 is 0. The van der Waals surface area contributed by atoms with E-state index in [0.29, 0.717) is 5.75 Å². The highest BCUT2D eigenvalue weighted by Crippen LogP contribution is 2.42. The number of imidazole rings is 1. The van der Waals surface area contributed by atoms with Crippen LogP contribution in [0.1, 0.15) is 51.2 Å². The number of rotatable bonds is 16. The van der Waals surface area contributed by atoms with Crippen LogP contribution >= 0.6 is 0 Å². The van der Waals surface area contributed by atoms with Gasteiger partial charge in [0, 0.05) is 35.3 Å². The number of ether oxygens (including phenoxy) is 1. The molecule has 14 aromatic rings. The van der Waals surface area contributed by atoms with Crippen molar-refractivity contribution in [2.24, 2.45) is 0 Å². The van der Waals surface area contributed by atoms with Gasteiger partial charge in [-0.2, -0.15) is 0 Å². The maximum atomic E-state index is 6.73. The van der Waals surface area contributed by atoms with Gasteiger partial charge in [-0.15, -0.1) is 0 Å². The van der Waals surface area contributed by atoms with Gasteiger partial charge in [-0.25, -0.2) is 4.98 Å². The van der Waals surface area contributed by atoms with Gasteiger partial charge in [0.15, 0.2) is 0 Å². The molecule has 0 saturated heterocycles. The molecule has 0 fully saturated rings. The Bertz CT molecular complexity index is 4470. The molecule has 4 heterocycles. The van der Waals surface area contributed by atoms with Crippen molar-refractivity contribution < 1.29 is 9.30 Å². The Morgan fingerprint density at radius 2 is 0.895 bits per heavy atom. The summed E-state index contributed by atoms with van der Waals surface area (Å²) in [6.45, 7) is 7.52. The first-order chi connectivity index (χ1) is 42.3. The van der Waals surface area contributed by atoms with Crippen LogP contribution in [0.25, 0.3) is 111 Å². The summed E-state index contributed by atoms with van der Waals surface area (Å²) in [5, 5.41) is 2.31. The van der Waals surface area contributed by atoms with E-state index >= 15 is 0 Å². The van der Waals surface area contributed by atoms with Crippen LogP contribution in [0.2, 0.25) is 0 Å². The third-order valence-corrected chi connectivity index (χ3v) is 16.7. The molecule has 14 rings (SSSR count). The van der Waals surface area contributed by atoms with Crippen molar-refractivity contribution in [3.05, 3.63) is 297 Å². The molecule has 0 aliphatic heterocycles. The molecule has 10 aromatic carbocycles. The number of pyridine rings is 2. The van der Waals surface area contributed by atoms with Gasteiger partial charge >= 0.3 is 0 Å². The first kappa shape index (κ1) is 53.6. The average molecular weight is 1110 g/mol. The van der Waals surface area contributed by atoms with Gasteiger partial charge in [0.1, 0.15) is 23.1 Å². The molecule has 0 bridgehead atoms. The Kier molecular flexibility index (Phi) is 14.5. The van der Waals surface area contributed by atoms with Crippen LogP contribution in [0.15, 0.2) is 279 Å². The molecule has 6 nitrogen and oxygen atoms in total. The second kappa shape index (κ2) is 23.3. The molecule has 0 radical (unpaired) electrons. The number of benzene rings is 10. The van der Waals surface area contributed by atoms with Gasteiger partial charge in [0.25, 0.3) is 0 Å². The summed E-state index contributed by atoms with van der Waals surface area (Å²) in [6, 6.07) is 96.0. The lowest BCUT2D eigenvalue weighted by Crippen LogP contribution is -2.32. The molecule has 0 atom stereocenters. The minimum atomic E-state index is -0.0242. The SMILES string of the molecule is CC(C)(C)c1ccnc(-n2c3ccccc3c3ccc(Oc4ccnc(-n5[c-][n+](CCCCCc6c(-c7cc(-c8ccccc8)cc(-c8ccccc8)c7)cccc6-c6cc(-c7ccccc7)cc(-c7ccccc7)c6)c6ccccc65)c4)cc32)c1. The Morgan fingerprint density at radius 1 is 0.395 bits per heavy atom. The predicted octanol–water partition coefficient (Wildman–Crippen LogP) is 20.1. The predicted molar refractivity (Wildman–Crippen MR) is 354 cm³/mol. The molecule has 0 saturated carbocycles. The van der Waals surface area contributed by atoms with E-state index in [0.717, 1.165) is 77.1 Å². The van der Waals surface area contributed by atoms with Crippen LogP contribution in [-0.2, 0) is 18.4 Å². The fourth-order valence-electron chi connectivity index (χ4n) is 12.3. The van der Waals surface area contributed by atoms with Crippen molar-refractivity contribution in [1.29, 1.82) is 0 Å². The first-order valence-electron chi connectivity index (χ1n) is 30.0. The largest absolute Gasteiger partial charge is 0.458 e. The number of hydrogen-bond acceptors (Lipinski definition) is 3. The maximum Gasteiger partial charge on any atom is 0.245 e. The second-order valence-corrected chi connectivity index (χ2v) is 23.4. The fraction of sp³-hybridized carbons (Fsp3) is 0.113. The molecule has 0 aliphatic carbocycles. The lowest BCUT2D eigenvalue weighted by Gasteiger charge is -2.20. The van der Waals surface area contributed by atoms with Crippen molar-refractivity contribution in [2.45, 2.75) is 58.4 Å². The number of nitrogens with zero attached hydrogens (tertiary/aromatic N) is 5. The van der Waals surface area contributed by atoms with Crippen molar-refractivity contribution in [2.75, 3.05) is 0 Å². The maximum absolute atomic E-state index is 6.73. The van der Waals surface area contributed by atoms with Crippen LogP contribution in [-0.4, -0.2) is 19.1 Å². The molecule has 0 amide bonds. The zero-order valence-corrected chi connectivity index (χ0v) is 48.7. The Hall–Kier alpha value is -10.4. The van der Waals surface area contributed by atoms with Crippen LogP contribution in [0.4, 0.5) is 0 Å². The van der Waals surface area contributed by atoms with Crippen LogP contribution in [0.3, 0.4) is 0 Å². The molecular formula is C80H65N5O. The third-order valence-electron chi connectivity index (χ3n) is 16.7. The summed E-state index contributed by atoms with van der Waals surface area (Å²) in [7, 11) is 0. The molecule has 6 heteroatoms. The Morgan fingerprint density at radius 3 is 1.49 bits per heavy atom. The molecule has 0 unspecified atom stereocenters. The van der Waals surface area contributed by atoms with E-state index in [1.54, 1.807) is 0 Å². The summed E-state index contributed by atoms with van der Waals surface area (Å²) in [6.07, 6.45) is 11.4. The Labute approximate surface area is 503 Å². The lowest BCUT2D eigenvalue weighted by molar-refractivity contribution is -0.676. The van der Waals surface area contributed by atoms with Gasteiger partial charge in [-0.05, 0) is 182 Å². The summed E-state index contributed by atoms with van der Waals surface area (Å²) in [5.41, 5.74) is 21.4. The number of aryl methyl sites for hydroxylation is 1. The van der Waals surface area contributed by atoms with E-state index in [9.17, 15) is 0 Å². The smallest absolute Gasteiger partial charge is 0.245 e. The van der Waals surface area contributed by atoms with E-state index in [1.165, 1.54) is 83.3 Å². The van der Waals surface area contributed by atoms with Crippen LogP contribution < -0.4 is 9.30 Å². The highest BCUT2D eigenvalue weighted by molar-refractivity contribution is 6.09. The molecule has 416 valence electrons. The Balaban J connectivity index is 0.769. The minimum absolute atomic E-state index is 0.0242. The third kappa shape index (κ3) is 10.9. The first-order valence-corrected chi connectivity index (χ1v) is 30.0. The van der Waals surface area contributed by atoms with Crippen molar-refractivity contribution in [3.63, 3.8) is 0 Å². The quantitative estimate of drug-likeness (QED) is 0.0550. The molecule has 4 aromatic heterocycles. The van der Waals surface area contributed by atoms with Gasteiger partial charge in [-0.3, -0.25) is 9.55 Å². The van der Waals surface area contributed by atoms with E-state index < -0.39 is 0 Å². The minimum Gasteiger partial charge on any atom is -0.458 e. The number of aromatic nitrogens is 5. The summed E-state index contributed by atoms with van der Waals surface area (Å²) in [5.74, 6) is 3.03. The fourth-order valence-corrected chi connectivity index (χ4v) is 12.3. The normalized spacial score (nSPS) is 11.7. The van der Waals surface area contributed by atoms with Crippen molar-refractivity contribution in [1.82, 2.24) is 19.1 Å². The number of unbranched alkanes of at least 4 members (excludes halogenated alkanes) is 2. The molecular weight excluding hydrogens is 1050 g/mol. The summed E-state index contributed by atoms with van der Waals surface area (Å²) < 4.78 is 13.3. The average Bonchev–Trinajstić information content (AvgIpc) is 2.12. The number of para-hydroxylation sites is 3. The molecule has 0 N–H and O–H groups in total. The van der Waals surface area contributed by atoms with Crippen molar-refractivity contribution in [3.8, 4) is 89.9 Å².